The summed E-state index contributed by atoms with van der Waals surface area (Å²) >= 11 is 0. The minimum atomic E-state index is 0. The number of methoxy groups -OCH3 is 1. The van der Waals surface area contributed by atoms with Crippen LogP contribution in [0, 0.1) is 0 Å². The summed E-state index contributed by atoms with van der Waals surface area (Å²) in [5.41, 5.74) is 0. The predicted octanol–water partition coefficient (Wildman–Crippen LogP) is 0.280. The average molecular weight is 267 g/mol. The van der Waals surface area contributed by atoms with Gasteiger partial charge in [0, 0.05) is 20.2 Å². The standard InChI is InChI=1S/C11H22N2O3.ClH/c1-9-8-16-10(2)7-13(9)11(14)6-12-4-5-15-3;/h9-10,12H,4-8H2,1-3H3;1H. The van der Waals surface area contributed by atoms with Crippen LogP contribution in [0.25, 0.3) is 0 Å². The highest BCUT2D eigenvalue weighted by molar-refractivity contribution is 5.85. The van der Waals surface area contributed by atoms with Crippen molar-refractivity contribution in [3.05, 3.63) is 0 Å². The number of amides is 1. The Kier molecular flexibility index (Phi) is 8.51. The van der Waals surface area contributed by atoms with Gasteiger partial charge in [0.05, 0.1) is 31.9 Å². The normalized spacial score (nSPS) is 24.3. The molecule has 1 rings (SSSR count). The number of nitrogens with zero attached hydrogens (tertiary/aromatic N) is 1. The van der Waals surface area contributed by atoms with Crippen LogP contribution in [0.2, 0.25) is 0 Å². The first kappa shape index (κ1) is 16.6. The Bertz CT molecular complexity index is 229. The van der Waals surface area contributed by atoms with Crippen molar-refractivity contribution in [3.8, 4) is 0 Å². The average Bonchev–Trinajstić information content (AvgIpc) is 2.27. The Morgan fingerprint density at radius 1 is 1.53 bits per heavy atom. The summed E-state index contributed by atoms with van der Waals surface area (Å²) in [5.74, 6) is 0.138. The molecule has 5 nitrogen and oxygen atoms in total. The highest BCUT2D eigenvalue weighted by atomic mass is 35.5. The van der Waals surface area contributed by atoms with Gasteiger partial charge >= 0.3 is 0 Å². The Labute approximate surface area is 109 Å². The second-order valence-electron chi connectivity index (χ2n) is 4.21. The van der Waals surface area contributed by atoms with Crippen molar-refractivity contribution in [1.29, 1.82) is 0 Å². The van der Waals surface area contributed by atoms with Gasteiger partial charge in [0.15, 0.2) is 0 Å². The number of ether oxygens (including phenoxy) is 2. The summed E-state index contributed by atoms with van der Waals surface area (Å²) in [6, 6.07) is 0.174. The van der Waals surface area contributed by atoms with E-state index in [4.69, 9.17) is 9.47 Å². The fourth-order valence-electron chi connectivity index (χ4n) is 1.72. The summed E-state index contributed by atoms with van der Waals surface area (Å²) in [4.78, 5) is 13.8. The molecule has 6 heteroatoms. The van der Waals surface area contributed by atoms with Crippen molar-refractivity contribution in [2.75, 3.05) is 40.0 Å². The van der Waals surface area contributed by atoms with Gasteiger partial charge in [0.1, 0.15) is 0 Å². The van der Waals surface area contributed by atoms with Gasteiger partial charge in [0.2, 0.25) is 5.91 Å². The van der Waals surface area contributed by atoms with Crippen LogP contribution in [0.1, 0.15) is 13.8 Å². The lowest BCUT2D eigenvalue weighted by atomic mass is 10.2. The Morgan fingerprint density at radius 3 is 2.88 bits per heavy atom. The summed E-state index contributed by atoms with van der Waals surface area (Å²) in [7, 11) is 1.65. The van der Waals surface area contributed by atoms with Gasteiger partial charge in [-0.05, 0) is 13.8 Å². The quantitative estimate of drug-likeness (QED) is 0.727. The molecule has 1 fully saturated rings. The molecule has 1 heterocycles. The molecule has 1 aliphatic heterocycles. The lowest BCUT2D eigenvalue weighted by Crippen LogP contribution is -2.52. The molecule has 0 bridgehead atoms. The second kappa shape index (κ2) is 8.69. The number of rotatable bonds is 5. The molecule has 1 saturated heterocycles. The minimum Gasteiger partial charge on any atom is -0.383 e. The maximum absolute atomic E-state index is 11.9. The van der Waals surface area contributed by atoms with Gasteiger partial charge in [-0.2, -0.15) is 0 Å². The highest BCUT2D eigenvalue weighted by Crippen LogP contribution is 2.10. The molecule has 0 spiro atoms. The van der Waals surface area contributed by atoms with Crippen molar-refractivity contribution in [3.63, 3.8) is 0 Å². The van der Waals surface area contributed by atoms with E-state index in [1.165, 1.54) is 0 Å². The van der Waals surface area contributed by atoms with E-state index in [9.17, 15) is 4.79 Å². The maximum Gasteiger partial charge on any atom is 0.236 e. The van der Waals surface area contributed by atoms with E-state index in [-0.39, 0.29) is 30.5 Å². The van der Waals surface area contributed by atoms with Crippen LogP contribution in [0.3, 0.4) is 0 Å². The van der Waals surface area contributed by atoms with Gasteiger partial charge in [-0.15, -0.1) is 12.4 Å². The molecule has 0 aromatic rings. The first-order chi connectivity index (χ1) is 7.65. The maximum atomic E-state index is 11.9. The molecule has 0 aromatic carbocycles. The summed E-state index contributed by atoms with van der Waals surface area (Å²) in [6.45, 7) is 7.03. The molecular weight excluding hydrogens is 244 g/mol. The van der Waals surface area contributed by atoms with Crippen LogP contribution < -0.4 is 5.32 Å². The Balaban J connectivity index is 0.00000256. The van der Waals surface area contributed by atoms with Gasteiger partial charge in [-0.25, -0.2) is 0 Å². The van der Waals surface area contributed by atoms with E-state index in [0.717, 1.165) is 0 Å². The van der Waals surface area contributed by atoms with Gasteiger partial charge < -0.3 is 19.7 Å². The van der Waals surface area contributed by atoms with Crippen molar-refractivity contribution < 1.29 is 14.3 Å². The van der Waals surface area contributed by atoms with Crippen LogP contribution in [-0.4, -0.2) is 62.9 Å². The molecule has 1 aliphatic rings. The molecular formula is C11H23ClN2O3. The van der Waals surface area contributed by atoms with Gasteiger partial charge in [0.25, 0.3) is 0 Å². The molecule has 0 radical (unpaired) electrons. The van der Waals surface area contributed by atoms with Gasteiger partial charge in [-0.3, -0.25) is 4.79 Å². The smallest absolute Gasteiger partial charge is 0.236 e. The number of carbonyl (C=O) groups is 1. The first-order valence-corrected chi connectivity index (χ1v) is 5.76. The molecule has 0 saturated carbocycles. The third kappa shape index (κ3) is 5.68. The van der Waals surface area contributed by atoms with Crippen LogP contribution in [0.15, 0.2) is 0 Å². The van der Waals surface area contributed by atoms with Crippen LogP contribution in [0.4, 0.5) is 0 Å². The molecule has 1 amide bonds. The summed E-state index contributed by atoms with van der Waals surface area (Å²) in [5, 5.41) is 3.06. The first-order valence-electron chi connectivity index (χ1n) is 5.76. The molecule has 2 unspecified atom stereocenters. The van der Waals surface area contributed by atoms with Crippen molar-refractivity contribution in [1.82, 2.24) is 10.2 Å². The van der Waals surface area contributed by atoms with Crippen molar-refractivity contribution in [2.24, 2.45) is 0 Å². The largest absolute Gasteiger partial charge is 0.383 e. The zero-order chi connectivity index (χ0) is 12.0. The van der Waals surface area contributed by atoms with E-state index in [2.05, 4.69) is 5.32 Å². The second-order valence-corrected chi connectivity index (χ2v) is 4.21. The van der Waals surface area contributed by atoms with Crippen molar-refractivity contribution >= 4 is 18.3 Å². The Morgan fingerprint density at radius 2 is 2.24 bits per heavy atom. The lowest BCUT2D eigenvalue weighted by Gasteiger charge is -2.36. The number of hydrogen-bond donors (Lipinski definition) is 1. The van der Waals surface area contributed by atoms with Crippen LogP contribution in [-0.2, 0) is 14.3 Å². The van der Waals surface area contributed by atoms with Gasteiger partial charge in [-0.1, -0.05) is 0 Å². The van der Waals surface area contributed by atoms with E-state index < -0.39 is 0 Å². The van der Waals surface area contributed by atoms with E-state index in [1.54, 1.807) is 7.11 Å². The van der Waals surface area contributed by atoms with E-state index in [0.29, 0.717) is 32.8 Å². The molecule has 17 heavy (non-hydrogen) atoms. The van der Waals surface area contributed by atoms with E-state index >= 15 is 0 Å². The molecule has 0 aromatic heterocycles. The fourth-order valence-corrected chi connectivity index (χ4v) is 1.72. The zero-order valence-electron chi connectivity index (χ0n) is 10.8. The number of halogens is 1. The van der Waals surface area contributed by atoms with Crippen molar-refractivity contribution in [2.45, 2.75) is 26.0 Å². The number of morpholine rings is 1. The zero-order valence-corrected chi connectivity index (χ0v) is 11.6. The fraction of sp³-hybridized carbons (Fsp3) is 0.909. The molecule has 102 valence electrons. The molecule has 2 atom stereocenters. The lowest BCUT2D eigenvalue weighted by molar-refractivity contribution is -0.142. The highest BCUT2D eigenvalue weighted by Gasteiger charge is 2.26. The predicted molar refractivity (Wildman–Crippen MR) is 68.6 cm³/mol. The van der Waals surface area contributed by atoms with Crippen LogP contribution in [0.5, 0.6) is 0 Å². The number of nitrogens with one attached hydrogen (secondary N) is 1. The topological polar surface area (TPSA) is 50.8 Å². The summed E-state index contributed by atoms with van der Waals surface area (Å²) in [6.07, 6.45) is 0.138. The third-order valence-corrected chi connectivity index (χ3v) is 2.69. The summed E-state index contributed by atoms with van der Waals surface area (Å²) < 4.78 is 10.4. The SMILES string of the molecule is COCCNCC(=O)N1CC(C)OCC1C.Cl. The third-order valence-electron chi connectivity index (χ3n) is 2.69. The number of hydrogen-bond acceptors (Lipinski definition) is 4. The Hall–Kier alpha value is -0.360. The molecule has 0 aliphatic carbocycles. The van der Waals surface area contributed by atoms with E-state index in [1.807, 2.05) is 18.7 Å². The monoisotopic (exact) mass is 266 g/mol. The minimum absolute atomic E-state index is 0. The number of carbonyl (C=O) groups excluding carboxylic acids is 1. The molecule has 1 N–H and O–H groups in total. The van der Waals surface area contributed by atoms with Crippen LogP contribution >= 0.6 is 12.4 Å².